The minimum absolute atomic E-state index is 0.174. The first-order valence-electron chi connectivity index (χ1n) is 4.23. The van der Waals surface area contributed by atoms with E-state index in [1.54, 1.807) is 11.3 Å². The molecule has 0 amide bonds. The largest absolute Gasteiger partial charge is 0.289 e. The minimum atomic E-state index is 0.174. The minimum Gasteiger partial charge on any atom is -0.289 e. The molecule has 2 nitrogen and oxygen atoms in total. The van der Waals surface area contributed by atoms with Crippen LogP contribution in [0.25, 0.3) is 0 Å². The van der Waals surface area contributed by atoms with Crippen LogP contribution in [-0.4, -0.2) is 15.9 Å². The molecule has 2 unspecified atom stereocenters. The van der Waals surface area contributed by atoms with Crippen LogP contribution >= 0.6 is 34.7 Å². The first kappa shape index (κ1) is 9.77. The number of thiazole rings is 1. The summed E-state index contributed by atoms with van der Waals surface area (Å²) < 4.78 is 0. The number of alkyl halides is 1. The van der Waals surface area contributed by atoms with Crippen molar-refractivity contribution in [2.75, 3.05) is 0 Å². The summed E-state index contributed by atoms with van der Waals surface area (Å²) in [6.45, 7) is 0. The summed E-state index contributed by atoms with van der Waals surface area (Å²) in [5.74, 6) is 0.991. The highest BCUT2D eigenvalue weighted by Crippen LogP contribution is 2.26. The molecule has 0 aliphatic carbocycles. The van der Waals surface area contributed by atoms with Crippen LogP contribution in [0, 0.1) is 0 Å². The van der Waals surface area contributed by atoms with Gasteiger partial charge in [-0.1, -0.05) is 0 Å². The van der Waals surface area contributed by atoms with Gasteiger partial charge in [0.2, 0.25) is 0 Å². The van der Waals surface area contributed by atoms with Crippen molar-refractivity contribution in [3.8, 4) is 0 Å². The third-order valence-electron chi connectivity index (χ3n) is 1.96. The van der Waals surface area contributed by atoms with E-state index in [2.05, 4.69) is 15.7 Å². The third-order valence-corrected chi connectivity index (χ3v) is 4.18. The molecule has 2 atom stereocenters. The monoisotopic (exact) mass is 234 g/mol. The number of hydrogen-bond acceptors (Lipinski definition) is 4. The topological polar surface area (TPSA) is 24.9 Å². The highest BCUT2D eigenvalue weighted by Gasteiger charge is 2.21. The van der Waals surface area contributed by atoms with Crippen LogP contribution in [0.4, 0.5) is 0 Å². The number of nitrogens with one attached hydrogen (secondary N) is 1. The van der Waals surface area contributed by atoms with Gasteiger partial charge in [-0.05, 0) is 12.8 Å². The molecule has 1 fully saturated rings. The van der Waals surface area contributed by atoms with E-state index < -0.39 is 0 Å². The number of nitrogens with zero attached hydrogens (tertiary/aromatic N) is 1. The molecular weight excluding hydrogens is 224 g/mol. The second kappa shape index (κ2) is 4.64. The molecule has 2 heterocycles. The Balaban J connectivity index is 1.74. The molecule has 1 aliphatic rings. The Morgan fingerprint density at radius 3 is 3.23 bits per heavy atom. The Kier molecular flexibility index (Phi) is 3.49. The van der Waals surface area contributed by atoms with Crippen LogP contribution in [-0.2, 0) is 5.75 Å². The average molecular weight is 235 g/mol. The smallest absolute Gasteiger partial charge is 0.0834 e. The second-order valence-electron chi connectivity index (χ2n) is 2.99. The summed E-state index contributed by atoms with van der Waals surface area (Å²) in [5, 5.41) is 5.94. The predicted molar refractivity (Wildman–Crippen MR) is 59.2 cm³/mol. The summed E-state index contributed by atoms with van der Waals surface area (Å²) >= 11 is 9.48. The lowest BCUT2D eigenvalue weighted by atomic mass is 10.4. The molecule has 1 aromatic heterocycles. The molecule has 0 bridgehead atoms. The van der Waals surface area contributed by atoms with Gasteiger partial charge in [0.05, 0.1) is 22.1 Å². The maximum Gasteiger partial charge on any atom is 0.0834 e. The fourth-order valence-electron chi connectivity index (χ4n) is 1.29. The van der Waals surface area contributed by atoms with Gasteiger partial charge in [-0.2, -0.15) is 0 Å². The standard InChI is InChI=1S/C8H11ClN2S2/c9-7-1-2-8(11-7)13-4-6-3-12-5-10-6/h3,5,7-8,11H,1-2,4H2. The first-order chi connectivity index (χ1) is 6.34. The van der Waals surface area contributed by atoms with Gasteiger partial charge in [0, 0.05) is 11.1 Å². The maximum atomic E-state index is 5.93. The van der Waals surface area contributed by atoms with E-state index in [4.69, 9.17) is 11.6 Å². The number of rotatable bonds is 3. The van der Waals surface area contributed by atoms with E-state index in [-0.39, 0.29) is 5.50 Å². The lowest BCUT2D eigenvalue weighted by Gasteiger charge is -2.08. The van der Waals surface area contributed by atoms with Crippen LogP contribution in [0.3, 0.4) is 0 Å². The van der Waals surface area contributed by atoms with Crippen LogP contribution in [0.1, 0.15) is 18.5 Å². The molecule has 1 N–H and O–H groups in total. The zero-order chi connectivity index (χ0) is 9.10. The zero-order valence-corrected chi connectivity index (χ0v) is 9.46. The van der Waals surface area contributed by atoms with Gasteiger partial charge in [0.25, 0.3) is 0 Å². The number of thioether (sulfide) groups is 1. The summed E-state index contributed by atoms with van der Waals surface area (Å²) in [4.78, 5) is 4.23. The Hall–Kier alpha value is 0.230. The van der Waals surface area contributed by atoms with E-state index >= 15 is 0 Å². The molecule has 0 spiro atoms. The Morgan fingerprint density at radius 1 is 1.69 bits per heavy atom. The Morgan fingerprint density at radius 2 is 2.62 bits per heavy atom. The summed E-state index contributed by atoms with van der Waals surface area (Å²) in [6, 6.07) is 0. The van der Waals surface area contributed by atoms with E-state index in [1.807, 2.05) is 17.3 Å². The summed E-state index contributed by atoms with van der Waals surface area (Å²) in [6.07, 6.45) is 2.25. The molecule has 0 radical (unpaired) electrons. The van der Waals surface area contributed by atoms with E-state index in [0.29, 0.717) is 5.37 Å². The number of halogens is 1. The molecule has 1 saturated heterocycles. The van der Waals surface area contributed by atoms with E-state index in [0.717, 1.165) is 12.2 Å². The van der Waals surface area contributed by atoms with Gasteiger partial charge >= 0.3 is 0 Å². The Labute approximate surface area is 91.1 Å². The molecule has 5 heteroatoms. The van der Waals surface area contributed by atoms with Crippen LogP contribution in [0.5, 0.6) is 0 Å². The zero-order valence-electron chi connectivity index (χ0n) is 7.07. The van der Waals surface area contributed by atoms with Crippen molar-refractivity contribution in [1.82, 2.24) is 10.3 Å². The maximum absolute atomic E-state index is 5.93. The van der Waals surface area contributed by atoms with Crippen molar-refractivity contribution >= 4 is 34.7 Å². The molecular formula is C8H11ClN2S2. The van der Waals surface area contributed by atoms with Crippen molar-refractivity contribution in [3.63, 3.8) is 0 Å². The van der Waals surface area contributed by atoms with E-state index in [1.165, 1.54) is 12.1 Å². The predicted octanol–water partition coefficient (Wildman–Crippen LogP) is 2.65. The first-order valence-corrected chi connectivity index (χ1v) is 6.66. The quantitative estimate of drug-likeness (QED) is 0.643. The van der Waals surface area contributed by atoms with Crippen molar-refractivity contribution in [2.24, 2.45) is 0 Å². The van der Waals surface area contributed by atoms with Gasteiger partial charge < -0.3 is 0 Å². The Bertz CT molecular complexity index is 253. The summed E-state index contributed by atoms with van der Waals surface area (Å²) in [7, 11) is 0. The molecule has 2 rings (SSSR count). The SMILES string of the molecule is ClC1CCC(SCc2cscn2)N1. The van der Waals surface area contributed by atoms with Gasteiger partial charge in [-0.25, -0.2) is 4.98 Å². The fraction of sp³-hybridized carbons (Fsp3) is 0.625. The van der Waals surface area contributed by atoms with Crippen LogP contribution in [0.2, 0.25) is 0 Å². The molecule has 1 aromatic rings. The number of hydrogen-bond donors (Lipinski definition) is 1. The van der Waals surface area contributed by atoms with E-state index in [9.17, 15) is 0 Å². The third kappa shape index (κ3) is 2.84. The molecule has 0 aromatic carbocycles. The number of aromatic nitrogens is 1. The molecule has 0 saturated carbocycles. The van der Waals surface area contributed by atoms with Crippen LogP contribution < -0.4 is 5.32 Å². The van der Waals surface area contributed by atoms with Crippen LogP contribution in [0.15, 0.2) is 10.9 Å². The van der Waals surface area contributed by atoms with Gasteiger partial charge in [0.1, 0.15) is 0 Å². The molecule has 1 aliphatic heterocycles. The van der Waals surface area contributed by atoms with Gasteiger partial charge in [0.15, 0.2) is 0 Å². The average Bonchev–Trinajstić information content (AvgIpc) is 2.71. The highest BCUT2D eigenvalue weighted by atomic mass is 35.5. The van der Waals surface area contributed by atoms with Crippen molar-refractivity contribution in [1.29, 1.82) is 0 Å². The van der Waals surface area contributed by atoms with Crippen molar-refractivity contribution < 1.29 is 0 Å². The lowest BCUT2D eigenvalue weighted by Crippen LogP contribution is -2.22. The van der Waals surface area contributed by atoms with Crippen molar-refractivity contribution in [3.05, 3.63) is 16.6 Å². The molecule has 72 valence electrons. The fourth-order valence-corrected chi connectivity index (χ4v) is 3.40. The highest BCUT2D eigenvalue weighted by molar-refractivity contribution is 7.99. The summed E-state index contributed by atoms with van der Waals surface area (Å²) in [5.41, 5.74) is 3.23. The molecule has 13 heavy (non-hydrogen) atoms. The van der Waals surface area contributed by atoms with Gasteiger partial charge in [-0.15, -0.1) is 34.7 Å². The lowest BCUT2D eigenvalue weighted by molar-refractivity contribution is 0.765. The van der Waals surface area contributed by atoms with Gasteiger partial charge in [-0.3, -0.25) is 5.32 Å². The van der Waals surface area contributed by atoms with Crippen molar-refractivity contribution in [2.45, 2.75) is 29.5 Å². The normalized spacial score (nSPS) is 28.1. The second-order valence-corrected chi connectivity index (χ2v) is 5.43.